The Morgan fingerprint density at radius 2 is 2.00 bits per heavy atom. The Hall–Kier alpha value is -2.08. The lowest BCUT2D eigenvalue weighted by molar-refractivity contribution is 0.0696. The average Bonchev–Trinajstić information content (AvgIpc) is 2.38. The molecule has 1 rings (SSSR count). The maximum atomic E-state index is 11.9. The van der Waals surface area contributed by atoms with E-state index in [9.17, 15) is 9.59 Å². The van der Waals surface area contributed by atoms with E-state index in [0.29, 0.717) is 11.3 Å². The molecular formula is C15H23N3O3. The monoisotopic (exact) mass is 293 g/mol. The quantitative estimate of drug-likeness (QED) is 0.750. The van der Waals surface area contributed by atoms with Gasteiger partial charge in [-0.3, -0.25) is 0 Å². The SMILES string of the molecule is Cc1ccc(NC(=O)NC(C)CCN(C)C)cc1C(=O)O. The lowest BCUT2D eigenvalue weighted by Crippen LogP contribution is -2.37. The zero-order valence-electron chi connectivity index (χ0n) is 12.9. The first-order valence-electron chi connectivity index (χ1n) is 6.85. The number of amides is 2. The maximum Gasteiger partial charge on any atom is 0.336 e. The fourth-order valence-electron chi connectivity index (χ4n) is 1.85. The predicted molar refractivity (Wildman–Crippen MR) is 82.9 cm³/mol. The molecule has 3 N–H and O–H groups in total. The van der Waals surface area contributed by atoms with Crippen molar-refractivity contribution in [2.45, 2.75) is 26.3 Å². The molecular weight excluding hydrogens is 270 g/mol. The third-order valence-electron chi connectivity index (χ3n) is 3.11. The molecule has 0 aliphatic rings. The van der Waals surface area contributed by atoms with Crippen LogP contribution in [0.15, 0.2) is 18.2 Å². The minimum atomic E-state index is -1.00. The van der Waals surface area contributed by atoms with Gasteiger partial charge in [0.05, 0.1) is 5.56 Å². The predicted octanol–water partition coefficient (Wildman–Crippen LogP) is 2.15. The number of hydrogen-bond acceptors (Lipinski definition) is 3. The van der Waals surface area contributed by atoms with E-state index < -0.39 is 5.97 Å². The highest BCUT2D eigenvalue weighted by atomic mass is 16.4. The first-order valence-corrected chi connectivity index (χ1v) is 6.85. The summed E-state index contributed by atoms with van der Waals surface area (Å²) >= 11 is 0. The van der Waals surface area contributed by atoms with E-state index in [4.69, 9.17) is 5.11 Å². The molecule has 1 unspecified atom stereocenters. The Morgan fingerprint density at radius 3 is 2.57 bits per heavy atom. The van der Waals surface area contributed by atoms with Crippen molar-refractivity contribution in [1.29, 1.82) is 0 Å². The van der Waals surface area contributed by atoms with Gasteiger partial charge in [0.1, 0.15) is 0 Å². The Morgan fingerprint density at radius 1 is 1.33 bits per heavy atom. The number of nitrogens with one attached hydrogen (secondary N) is 2. The number of nitrogens with zero attached hydrogens (tertiary/aromatic N) is 1. The van der Waals surface area contributed by atoms with Gasteiger partial charge in [-0.2, -0.15) is 0 Å². The molecule has 6 heteroatoms. The number of carboxylic acids is 1. The molecule has 0 aliphatic carbocycles. The molecule has 0 radical (unpaired) electrons. The molecule has 0 bridgehead atoms. The molecule has 6 nitrogen and oxygen atoms in total. The topological polar surface area (TPSA) is 81.7 Å². The highest BCUT2D eigenvalue weighted by molar-refractivity contribution is 5.94. The van der Waals surface area contributed by atoms with Crippen molar-refractivity contribution in [3.05, 3.63) is 29.3 Å². The third-order valence-corrected chi connectivity index (χ3v) is 3.11. The van der Waals surface area contributed by atoms with Gasteiger partial charge in [-0.15, -0.1) is 0 Å². The smallest absolute Gasteiger partial charge is 0.336 e. The Labute approximate surface area is 125 Å². The number of aryl methyl sites for hydroxylation is 1. The van der Waals surface area contributed by atoms with Crippen molar-refractivity contribution in [2.24, 2.45) is 0 Å². The zero-order chi connectivity index (χ0) is 16.0. The fraction of sp³-hybridized carbons (Fsp3) is 0.467. The number of rotatable bonds is 6. The molecule has 0 saturated carbocycles. The van der Waals surface area contributed by atoms with Crippen molar-refractivity contribution >= 4 is 17.7 Å². The summed E-state index contributed by atoms with van der Waals surface area (Å²) in [6.45, 7) is 4.53. The largest absolute Gasteiger partial charge is 0.478 e. The summed E-state index contributed by atoms with van der Waals surface area (Å²) in [6.07, 6.45) is 0.842. The van der Waals surface area contributed by atoms with Gasteiger partial charge < -0.3 is 20.6 Å². The van der Waals surface area contributed by atoms with Crippen LogP contribution in [-0.2, 0) is 0 Å². The molecule has 2 amide bonds. The van der Waals surface area contributed by atoms with Gasteiger partial charge in [-0.1, -0.05) is 6.07 Å². The van der Waals surface area contributed by atoms with Gasteiger partial charge >= 0.3 is 12.0 Å². The summed E-state index contributed by atoms with van der Waals surface area (Å²) in [5.74, 6) is -1.00. The highest BCUT2D eigenvalue weighted by Gasteiger charge is 2.11. The van der Waals surface area contributed by atoms with E-state index in [1.54, 1.807) is 19.1 Å². The minimum Gasteiger partial charge on any atom is -0.478 e. The Kier molecular flexibility index (Phi) is 6.17. The number of carbonyl (C=O) groups is 2. The molecule has 0 aromatic heterocycles. The molecule has 1 aromatic carbocycles. The lowest BCUT2D eigenvalue weighted by Gasteiger charge is -2.17. The summed E-state index contributed by atoms with van der Waals surface area (Å²) < 4.78 is 0. The molecule has 0 fully saturated rings. The summed E-state index contributed by atoms with van der Waals surface area (Å²) in [6, 6.07) is 4.53. The van der Waals surface area contributed by atoms with Crippen molar-refractivity contribution in [3.8, 4) is 0 Å². The number of hydrogen-bond donors (Lipinski definition) is 3. The summed E-state index contributed by atoms with van der Waals surface area (Å²) in [5, 5.41) is 14.5. The molecule has 0 spiro atoms. The second kappa shape index (κ2) is 7.64. The van der Waals surface area contributed by atoms with Gasteiger partial charge in [0, 0.05) is 11.7 Å². The van der Waals surface area contributed by atoms with Crippen LogP contribution in [0.1, 0.15) is 29.3 Å². The molecule has 0 heterocycles. The molecule has 1 aromatic rings. The van der Waals surface area contributed by atoms with Crippen molar-refractivity contribution < 1.29 is 14.7 Å². The molecule has 21 heavy (non-hydrogen) atoms. The van der Waals surface area contributed by atoms with Crippen molar-refractivity contribution in [3.63, 3.8) is 0 Å². The van der Waals surface area contributed by atoms with Crippen molar-refractivity contribution in [1.82, 2.24) is 10.2 Å². The normalized spacial score (nSPS) is 12.0. The lowest BCUT2D eigenvalue weighted by atomic mass is 10.1. The van der Waals surface area contributed by atoms with Gasteiger partial charge in [0.15, 0.2) is 0 Å². The Balaban J connectivity index is 2.59. The molecule has 1 atom stereocenters. The van der Waals surface area contributed by atoms with Gasteiger partial charge in [0.2, 0.25) is 0 Å². The second-order valence-electron chi connectivity index (χ2n) is 5.43. The van der Waals surface area contributed by atoms with Gasteiger partial charge in [-0.05, 0) is 58.6 Å². The summed E-state index contributed by atoms with van der Waals surface area (Å²) in [4.78, 5) is 25.0. The highest BCUT2D eigenvalue weighted by Crippen LogP contribution is 2.15. The molecule has 0 aliphatic heterocycles. The number of anilines is 1. The minimum absolute atomic E-state index is 0.0387. The van der Waals surface area contributed by atoms with Gasteiger partial charge in [-0.25, -0.2) is 9.59 Å². The number of carbonyl (C=O) groups excluding carboxylic acids is 1. The van der Waals surface area contributed by atoms with Crippen LogP contribution >= 0.6 is 0 Å². The van der Waals surface area contributed by atoms with Crippen LogP contribution in [0.5, 0.6) is 0 Å². The van der Waals surface area contributed by atoms with E-state index >= 15 is 0 Å². The van der Waals surface area contributed by atoms with Gasteiger partial charge in [0.25, 0.3) is 0 Å². The fourth-order valence-corrected chi connectivity index (χ4v) is 1.85. The Bertz CT molecular complexity index is 515. The first-order chi connectivity index (χ1) is 9.79. The van der Waals surface area contributed by atoms with Crippen LogP contribution in [0.4, 0.5) is 10.5 Å². The summed E-state index contributed by atoms with van der Waals surface area (Å²) in [7, 11) is 3.96. The molecule has 0 saturated heterocycles. The number of aromatic carboxylic acids is 1. The van der Waals surface area contributed by atoms with Crippen LogP contribution < -0.4 is 10.6 Å². The van der Waals surface area contributed by atoms with Crippen LogP contribution in [0.25, 0.3) is 0 Å². The molecule has 116 valence electrons. The van der Waals surface area contributed by atoms with E-state index in [1.807, 2.05) is 21.0 Å². The number of urea groups is 1. The van der Waals surface area contributed by atoms with E-state index in [2.05, 4.69) is 15.5 Å². The number of benzene rings is 1. The van der Waals surface area contributed by atoms with Crippen molar-refractivity contribution in [2.75, 3.05) is 26.0 Å². The second-order valence-corrected chi connectivity index (χ2v) is 5.43. The zero-order valence-corrected chi connectivity index (χ0v) is 12.9. The van der Waals surface area contributed by atoms with E-state index in [1.165, 1.54) is 6.07 Å². The van der Waals surface area contributed by atoms with Crippen LogP contribution in [-0.4, -0.2) is 48.7 Å². The van der Waals surface area contributed by atoms with E-state index in [0.717, 1.165) is 13.0 Å². The average molecular weight is 293 g/mol. The third kappa shape index (κ3) is 5.83. The van der Waals surface area contributed by atoms with Crippen LogP contribution in [0, 0.1) is 6.92 Å². The first kappa shape index (κ1) is 17.0. The standard InChI is InChI=1S/C15H23N3O3/c1-10-5-6-12(9-13(10)14(19)20)17-15(21)16-11(2)7-8-18(3)4/h5-6,9,11H,7-8H2,1-4H3,(H,19,20)(H2,16,17,21). The van der Waals surface area contributed by atoms with Crippen LogP contribution in [0.3, 0.4) is 0 Å². The summed E-state index contributed by atoms with van der Waals surface area (Å²) in [5.41, 5.74) is 1.32. The van der Waals surface area contributed by atoms with E-state index in [-0.39, 0.29) is 17.6 Å². The van der Waals surface area contributed by atoms with Crippen LogP contribution in [0.2, 0.25) is 0 Å². The number of carboxylic acid groups (broad SMARTS) is 1. The maximum absolute atomic E-state index is 11.9.